The summed E-state index contributed by atoms with van der Waals surface area (Å²) in [5.41, 5.74) is 1.26. The molecule has 0 radical (unpaired) electrons. The second-order valence-electron chi connectivity index (χ2n) is 7.84. The molecule has 0 amide bonds. The van der Waals surface area contributed by atoms with Crippen LogP contribution in [0.15, 0.2) is 30.3 Å². The standard InChI is InChI=1S/C20H27NO4/c1-3-7-15(8-4-1)11-21-17-13-22-12-16(17)19(25-21)18-14-23-20(24-18)9-5-2-6-10-20/h1,3-4,7-8,16-19H,2,5-6,9-14H2/t16-,17+,18+,19-/m0/s1. The Morgan fingerprint density at radius 1 is 1.00 bits per heavy atom. The molecule has 0 N–H and O–H groups in total. The molecule has 5 heteroatoms. The van der Waals surface area contributed by atoms with Gasteiger partial charge in [0.1, 0.15) is 12.2 Å². The maximum absolute atomic E-state index is 6.45. The van der Waals surface area contributed by atoms with Gasteiger partial charge in [0.05, 0.1) is 25.9 Å². The zero-order chi connectivity index (χ0) is 16.7. The lowest BCUT2D eigenvalue weighted by Crippen LogP contribution is -2.39. The quantitative estimate of drug-likeness (QED) is 0.842. The summed E-state index contributed by atoms with van der Waals surface area (Å²) in [6, 6.07) is 10.8. The molecule has 136 valence electrons. The Bertz CT molecular complexity index is 589. The molecule has 1 aromatic rings. The molecule has 0 aromatic heterocycles. The molecule has 25 heavy (non-hydrogen) atoms. The highest BCUT2D eigenvalue weighted by molar-refractivity contribution is 5.15. The van der Waals surface area contributed by atoms with Crippen molar-refractivity contribution in [1.29, 1.82) is 0 Å². The summed E-state index contributed by atoms with van der Waals surface area (Å²) in [4.78, 5) is 6.40. The van der Waals surface area contributed by atoms with Crippen LogP contribution in [0.25, 0.3) is 0 Å². The molecule has 5 rings (SSSR count). The Morgan fingerprint density at radius 3 is 2.68 bits per heavy atom. The van der Waals surface area contributed by atoms with Crippen LogP contribution >= 0.6 is 0 Å². The minimum Gasteiger partial charge on any atom is -0.379 e. The maximum Gasteiger partial charge on any atom is 0.169 e. The number of rotatable bonds is 3. The van der Waals surface area contributed by atoms with Gasteiger partial charge < -0.3 is 14.2 Å². The first-order valence-electron chi connectivity index (χ1n) is 9.70. The van der Waals surface area contributed by atoms with Gasteiger partial charge in [-0.05, 0) is 18.4 Å². The van der Waals surface area contributed by atoms with E-state index in [0.29, 0.717) is 18.6 Å². The molecule has 1 aromatic carbocycles. The molecule has 4 atom stereocenters. The Kier molecular flexibility index (Phi) is 4.30. The smallest absolute Gasteiger partial charge is 0.169 e. The number of nitrogens with zero attached hydrogens (tertiary/aromatic N) is 1. The van der Waals surface area contributed by atoms with Crippen molar-refractivity contribution in [3.05, 3.63) is 35.9 Å². The van der Waals surface area contributed by atoms with E-state index >= 15 is 0 Å². The number of hydroxylamine groups is 2. The zero-order valence-corrected chi connectivity index (χ0v) is 14.6. The predicted octanol–water partition coefficient (Wildman–Crippen LogP) is 2.89. The summed E-state index contributed by atoms with van der Waals surface area (Å²) in [5.74, 6) is 0.0321. The highest BCUT2D eigenvalue weighted by Gasteiger charge is 2.54. The van der Waals surface area contributed by atoms with Crippen molar-refractivity contribution in [2.45, 2.75) is 62.7 Å². The SMILES string of the molecule is c1ccc(CN2O[C@H]([C@H]3COC4(CCCCC4)O3)[C@H]3COC[C@H]32)cc1. The highest BCUT2D eigenvalue weighted by atomic mass is 16.8. The van der Waals surface area contributed by atoms with E-state index in [0.717, 1.165) is 32.6 Å². The fourth-order valence-corrected chi connectivity index (χ4v) is 4.84. The van der Waals surface area contributed by atoms with Crippen LogP contribution in [0.3, 0.4) is 0 Å². The monoisotopic (exact) mass is 345 g/mol. The largest absolute Gasteiger partial charge is 0.379 e. The van der Waals surface area contributed by atoms with Gasteiger partial charge in [0.25, 0.3) is 0 Å². The second kappa shape index (κ2) is 6.63. The summed E-state index contributed by atoms with van der Waals surface area (Å²) >= 11 is 0. The molecular formula is C20H27NO4. The van der Waals surface area contributed by atoms with Gasteiger partial charge >= 0.3 is 0 Å². The lowest BCUT2D eigenvalue weighted by Gasteiger charge is -2.32. The molecule has 0 bridgehead atoms. The highest BCUT2D eigenvalue weighted by Crippen LogP contribution is 2.43. The first kappa shape index (κ1) is 16.2. The number of benzene rings is 1. The number of fused-ring (bicyclic) bond motifs is 1. The van der Waals surface area contributed by atoms with Crippen LogP contribution in [0.4, 0.5) is 0 Å². The molecule has 1 aliphatic carbocycles. The van der Waals surface area contributed by atoms with Crippen molar-refractivity contribution in [3.8, 4) is 0 Å². The average Bonchev–Trinajstić information content (AvgIpc) is 3.34. The minimum atomic E-state index is -0.339. The van der Waals surface area contributed by atoms with Crippen molar-refractivity contribution in [3.63, 3.8) is 0 Å². The summed E-state index contributed by atoms with van der Waals surface area (Å²) in [6.45, 7) is 2.94. The average molecular weight is 345 g/mol. The van der Waals surface area contributed by atoms with Gasteiger partial charge in [0.15, 0.2) is 5.79 Å². The molecule has 3 aliphatic heterocycles. The van der Waals surface area contributed by atoms with E-state index in [1.807, 2.05) is 6.07 Å². The molecule has 3 heterocycles. The lowest BCUT2D eigenvalue weighted by atomic mass is 9.93. The fourth-order valence-electron chi connectivity index (χ4n) is 4.84. The Hall–Kier alpha value is -0.980. The summed E-state index contributed by atoms with van der Waals surface area (Å²) in [5, 5.41) is 2.12. The van der Waals surface area contributed by atoms with Gasteiger partial charge in [-0.25, -0.2) is 0 Å². The van der Waals surface area contributed by atoms with Gasteiger partial charge in [-0.2, -0.15) is 5.06 Å². The zero-order valence-electron chi connectivity index (χ0n) is 14.6. The summed E-state index contributed by atoms with van der Waals surface area (Å²) < 4.78 is 18.4. The first-order valence-corrected chi connectivity index (χ1v) is 9.70. The van der Waals surface area contributed by atoms with Crippen LogP contribution in [-0.2, 0) is 25.6 Å². The van der Waals surface area contributed by atoms with Crippen molar-refractivity contribution >= 4 is 0 Å². The summed E-state index contributed by atoms with van der Waals surface area (Å²) in [6.07, 6.45) is 5.80. The van der Waals surface area contributed by atoms with Gasteiger partial charge in [0.2, 0.25) is 0 Å². The van der Waals surface area contributed by atoms with Crippen molar-refractivity contribution in [1.82, 2.24) is 5.06 Å². The van der Waals surface area contributed by atoms with Crippen molar-refractivity contribution in [2.24, 2.45) is 5.92 Å². The van der Waals surface area contributed by atoms with Crippen LogP contribution in [0, 0.1) is 5.92 Å². The van der Waals surface area contributed by atoms with Crippen molar-refractivity contribution < 1.29 is 19.0 Å². The van der Waals surface area contributed by atoms with Crippen LogP contribution in [0.5, 0.6) is 0 Å². The number of hydrogen-bond acceptors (Lipinski definition) is 5. The van der Waals surface area contributed by atoms with Gasteiger partial charge in [-0.15, -0.1) is 0 Å². The number of hydrogen-bond donors (Lipinski definition) is 0. The minimum absolute atomic E-state index is 0.0214. The molecule has 1 saturated carbocycles. The Balaban J connectivity index is 1.29. The third kappa shape index (κ3) is 3.02. The molecule has 5 nitrogen and oxygen atoms in total. The molecular weight excluding hydrogens is 318 g/mol. The van der Waals surface area contributed by atoms with E-state index in [1.165, 1.54) is 24.8 Å². The third-order valence-electron chi connectivity index (χ3n) is 6.18. The van der Waals surface area contributed by atoms with E-state index in [-0.39, 0.29) is 18.0 Å². The van der Waals surface area contributed by atoms with E-state index in [1.54, 1.807) is 0 Å². The van der Waals surface area contributed by atoms with E-state index in [2.05, 4.69) is 29.3 Å². The summed E-state index contributed by atoms with van der Waals surface area (Å²) in [7, 11) is 0. The van der Waals surface area contributed by atoms with Gasteiger partial charge in [0, 0.05) is 25.3 Å². The normalized spacial score (nSPS) is 37.6. The molecule has 1 spiro atoms. The maximum atomic E-state index is 6.45. The van der Waals surface area contributed by atoms with Gasteiger partial charge in [-0.3, -0.25) is 4.84 Å². The first-order chi connectivity index (χ1) is 12.3. The van der Waals surface area contributed by atoms with Gasteiger partial charge in [-0.1, -0.05) is 36.8 Å². The lowest BCUT2D eigenvalue weighted by molar-refractivity contribution is -0.229. The Labute approximate surface area is 149 Å². The van der Waals surface area contributed by atoms with Crippen LogP contribution < -0.4 is 0 Å². The number of ether oxygens (including phenoxy) is 3. The molecule has 3 saturated heterocycles. The van der Waals surface area contributed by atoms with E-state index < -0.39 is 0 Å². The predicted molar refractivity (Wildman–Crippen MR) is 91.6 cm³/mol. The third-order valence-corrected chi connectivity index (χ3v) is 6.18. The van der Waals surface area contributed by atoms with Crippen LogP contribution in [0.1, 0.15) is 37.7 Å². The molecule has 4 aliphatic rings. The molecule has 4 fully saturated rings. The van der Waals surface area contributed by atoms with E-state index in [4.69, 9.17) is 19.0 Å². The van der Waals surface area contributed by atoms with Crippen LogP contribution in [0.2, 0.25) is 0 Å². The van der Waals surface area contributed by atoms with Crippen LogP contribution in [-0.4, -0.2) is 48.9 Å². The van der Waals surface area contributed by atoms with E-state index in [9.17, 15) is 0 Å². The fraction of sp³-hybridized carbons (Fsp3) is 0.700. The second-order valence-corrected chi connectivity index (χ2v) is 7.84. The topological polar surface area (TPSA) is 40.2 Å². The molecule has 0 unspecified atom stereocenters. The Morgan fingerprint density at radius 2 is 1.84 bits per heavy atom. The van der Waals surface area contributed by atoms with Crippen molar-refractivity contribution in [2.75, 3.05) is 19.8 Å².